The van der Waals surface area contributed by atoms with Gasteiger partial charge in [0.1, 0.15) is 17.3 Å². The van der Waals surface area contributed by atoms with Crippen LogP contribution in [0.1, 0.15) is 22.8 Å². The Bertz CT molecular complexity index is 1460. The van der Waals surface area contributed by atoms with Crippen LogP contribution in [0.15, 0.2) is 65.3 Å². The zero-order valence-corrected chi connectivity index (χ0v) is 20.5. The number of hydrogen-bond donors (Lipinski definition) is 3. The summed E-state index contributed by atoms with van der Waals surface area (Å²) in [7, 11) is 0. The Kier molecular flexibility index (Phi) is 5.97. The lowest BCUT2D eigenvalue weighted by Gasteiger charge is -2.39. The standard InChI is InChI=1S/C27H28FN7O2/c1-16(34-9-10-37-23-15-30-13-22(23)34)3-6-24(29-2)33-20-5-4-18(19-12-32-27(36)26(19)20)21-14-31-25-11-17(28)7-8-35(21)25/h3-8,11,14,22-23,30,33H,2,9-10,12-13,15H2,1H3,(H,32,36)/b16-3+,24-6+/t22-,23+/m0/s1. The second kappa shape index (κ2) is 9.45. The predicted octanol–water partition coefficient (Wildman–Crippen LogP) is 2.91. The van der Waals surface area contributed by atoms with Gasteiger partial charge in [-0.05, 0) is 43.5 Å². The second-order valence-electron chi connectivity index (χ2n) is 9.38. The zero-order chi connectivity index (χ0) is 25.5. The number of benzene rings is 1. The zero-order valence-electron chi connectivity index (χ0n) is 20.5. The van der Waals surface area contributed by atoms with Gasteiger partial charge in [-0.25, -0.2) is 14.4 Å². The van der Waals surface area contributed by atoms with E-state index in [1.54, 1.807) is 12.4 Å². The molecule has 3 aliphatic heterocycles. The van der Waals surface area contributed by atoms with E-state index < -0.39 is 0 Å². The number of carbonyl (C=O) groups excluding carboxylic acids is 1. The molecule has 1 aromatic carbocycles. The van der Waals surface area contributed by atoms with Crippen LogP contribution in [0.25, 0.3) is 16.9 Å². The molecule has 0 spiro atoms. The Hall–Kier alpha value is -4.02. The lowest BCUT2D eigenvalue weighted by atomic mass is 9.99. The molecule has 0 bridgehead atoms. The second-order valence-corrected chi connectivity index (χ2v) is 9.38. The Morgan fingerprint density at radius 2 is 2.22 bits per heavy atom. The van der Waals surface area contributed by atoms with Crippen molar-refractivity contribution in [3.8, 4) is 11.3 Å². The van der Waals surface area contributed by atoms with Gasteiger partial charge >= 0.3 is 0 Å². The molecular weight excluding hydrogens is 473 g/mol. The van der Waals surface area contributed by atoms with Crippen LogP contribution in [0.2, 0.25) is 0 Å². The van der Waals surface area contributed by atoms with E-state index in [4.69, 9.17) is 4.74 Å². The van der Waals surface area contributed by atoms with Crippen LogP contribution >= 0.6 is 0 Å². The number of allylic oxidation sites excluding steroid dienone is 3. The number of fused-ring (bicyclic) bond motifs is 3. The van der Waals surface area contributed by atoms with Crippen molar-refractivity contribution in [2.24, 2.45) is 4.99 Å². The van der Waals surface area contributed by atoms with Crippen molar-refractivity contribution in [3.05, 3.63) is 77.3 Å². The highest BCUT2D eigenvalue weighted by Crippen LogP contribution is 2.35. The van der Waals surface area contributed by atoms with Crippen LogP contribution in [-0.2, 0) is 11.3 Å². The van der Waals surface area contributed by atoms with Crippen molar-refractivity contribution in [2.75, 3.05) is 31.6 Å². The summed E-state index contributed by atoms with van der Waals surface area (Å²) in [6.07, 6.45) is 7.44. The van der Waals surface area contributed by atoms with Gasteiger partial charge in [0.2, 0.25) is 0 Å². The topological polar surface area (TPSA) is 95.3 Å². The normalized spacial score (nSPS) is 21.7. The van der Waals surface area contributed by atoms with Crippen molar-refractivity contribution in [2.45, 2.75) is 25.6 Å². The van der Waals surface area contributed by atoms with E-state index in [9.17, 15) is 9.18 Å². The quantitative estimate of drug-likeness (QED) is 0.355. The predicted molar refractivity (Wildman–Crippen MR) is 140 cm³/mol. The summed E-state index contributed by atoms with van der Waals surface area (Å²) in [6.45, 7) is 9.51. The fourth-order valence-electron chi connectivity index (χ4n) is 5.44. The van der Waals surface area contributed by atoms with Crippen molar-refractivity contribution < 1.29 is 13.9 Å². The highest BCUT2D eigenvalue weighted by Gasteiger charge is 2.36. The number of imidazole rings is 1. The number of hydrogen-bond acceptors (Lipinski definition) is 7. The summed E-state index contributed by atoms with van der Waals surface area (Å²) in [4.78, 5) is 23.7. The molecule has 5 heterocycles. The molecule has 3 aromatic rings. The number of anilines is 1. The van der Waals surface area contributed by atoms with Crippen molar-refractivity contribution in [3.63, 3.8) is 0 Å². The summed E-state index contributed by atoms with van der Waals surface area (Å²) >= 11 is 0. The average Bonchev–Trinajstić information content (AvgIpc) is 3.64. The van der Waals surface area contributed by atoms with Gasteiger partial charge in [0, 0.05) is 49.7 Å². The fraction of sp³-hybridized carbons (Fsp3) is 0.296. The Labute approximate surface area is 213 Å². The molecule has 0 radical (unpaired) electrons. The molecule has 190 valence electrons. The van der Waals surface area contributed by atoms with Gasteiger partial charge in [-0.1, -0.05) is 6.07 Å². The van der Waals surface area contributed by atoms with Crippen molar-refractivity contribution in [1.29, 1.82) is 0 Å². The minimum absolute atomic E-state index is 0.164. The van der Waals surface area contributed by atoms with Crippen LogP contribution in [0.3, 0.4) is 0 Å². The maximum absolute atomic E-state index is 13.7. The number of aromatic nitrogens is 2. The third kappa shape index (κ3) is 4.17. The fourth-order valence-corrected chi connectivity index (χ4v) is 5.44. The third-order valence-corrected chi connectivity index (χ3v) is 7.28. The number of ether oxygens (including phenoxy) is 1. The minimum Gasteiger partial charge on any atom is -0.373 e. The first-order chi connectivity index (χ1) is 18.0. The van der Waals surface area contributed by atoms with Gasteiger partial charge in [-0.15, -0.1) is 0 Å². The Morgan fingerprint density at radius 3 is 3.08 bits per heavy atom. The molecule has 2 aromatic heterocycles. The molecule has 0 unspecified atom stereocenters. The average molecular weight is 502 g/mol. The number of aliphatic imine (C=N–C) groups is 1. The van der Waals surface area contributed by atoms with Gasteiger partial charge in [-0.2, -0.15) is 0 Å². The molecule has 9 nitrogen and oxygen atoms in total. The minimum atomic E-state index is -0.347. The van der Waals surface area contributed by atoms with Gasteiger partial charge in [0.25, 0.3) is 5.91 Å². The summed E-state index contributed by atoms with van der Waals surface area (Å²) in [6, 6.07) is 6.89. The molecule has 2 fully saturated rings. The Balaban J connectivity index is 1.30. The van der Waals surface area contributed by atoms with Crippen LogP contribution < -0.4 is 16.0 Å². The number of amides is 1. The van der Waals surface area contributed by atoms with E-state index in [0.717, 1.165) is 42.2 Å². The van der Waals surface area contributed by atoms with Crippen molar-refractivity contribution >= 4 is 24.0 Å². The first kappa shape index (κ1) is 23.4. The first-order valence-corrected chi connectivity index (χ1v) is 12.3. The van der Waals surface area contributed by atoms with E-state index in [-0.39, 0.29) is 17.8 Å². The molecule has 2 saturated heterocycles. The molecule has 0 aliphatic carbocycles. The van der Waals surface area contributed by atoms with Crippen molar-refractivity contribution in [1.82, 2.24) is 24.9 Å². The lowest BCUT2D eigenvalue weighted by molar-refractivity contribution is -0.0329. The number of halogens is 1. The van der Waals surface area contributed by atoms with Crippen LogP contribution in [0, 0.1) is 5.82 Å². The molecule has 3 aliphatic rings. The highest BCUT2D eigenvalue weighted by molar-refractivity contribution is 6.05. The lowest BCUT2D eigenvalue weighted by Crippen LogP contribution is -2.49. The van der Waals surface area contributed by atoms with Gasteiger partial charge < -0.3 is 25.6 Å². The van der Waals surface area contributed by atoms with Crippen LogP contribution in [0.4, 0.5) is 10.1 Å². The number of morpholine rings is 1. The number of carbonyl (C=O) groups is 1. The smallest absolute Gasteiger partial charge is 0.254 e. The summed E-state index contributed by atoms with van der Waals surface area (Å²) < 4.78 is 21.3. The molecule has 0 saturated carbocycles. The molecule has 37 heavy (non-hydrogen) atoms. The largest absolute Gasteiger partial charge is 0.373 e. The third-order valence-electron chi connectivity index (χ3n) is 7.28. The summed E-state index contributed by atoms with van der Waals surface area (Å²) in [5, 5.41) is 9.60. The molecule has 1 amide bonds. The van der Waals surface area contributed by atoms with E-state index in [1.165, 1.54) is 12.1 Å². The van der Waals surface area contributed by atoms with Gasteiger partial charge in [-0.3, -0.25) is 9.20 Å². The molecule has 6 rings (SSSR count). The molecule has 3 N–H and O–H groups in total. The monoisotopic (exact) mass is 501 g/mol. The maximum Gasteiger partial charge on any atom is 0.254 e. The number of nitrogens with zero attached hydrogens (tertiary/aromatic N) is 4. The van der Waals surface area contributed by atoms with Gasteiger partial charge in [0.15, 0.2) is 0 Å². The highest BCUT2D eigenvalue weighted by atomic mass is 19.1. The van der Waals surface area contributed by atoms with E-state index in [1.807, 2.05) is 28.7 Å². The first-order valence-electron chi connectivity index (χ1n) is 12.3. The maximum atomic E-state index is 13.7. The van der Waals surface area contributed by atoms with E-state index in [0.29, 0.717) is 41.9 Å². The van der Waals surface area contributed by atoms with Gasteiger partial charge in [0.05, 0.1) is 41.9 Å². The van der Waals surface area contributed by atoms with E-state index in [2.05, 4.69) is 44.5 Å². The summed E-state index contributed by atoms with van der Waals surface area (Å²) in [5.74, 6) is 0.0243. The molecular formula is C27H28FN7O2. The van der Waals surface area contributed by atoms with Crippen LogP contribution in [0.5, 0.6) is 0 Å². The number of rotatable bonds is 6. The Morgan fingerprint density at radius 1 is 1.32 bits per heavy atom. The van der Waals surface area contributed by atoms with Crippen LogP contribution in [-0.4, -0.2) is 65.3 Å². The van der Waals surface area contributed by atoms with E-state index >= 15 is 0 Å². The molecule has 2 atom stereocenters. The SMILES string of the molecule is C=N/C(=C\C=C(/C)N1CCO[C@@H]2CNC[C@@H]21)Nc1ccc(-c2cnc3cc(F)ccn23)c2c1C(=O)NC2. The number of pyridine rings is 1. The summed E-state index contributed by atoms with van der Waals surface area (Å²) in [5.41, 5.74) is 5.32. The number of nitrogens with one attached hydrogen (secondary N) is 3. The molecule has 10 heteroatoms.